The molecule has 2 rings (SSSR count). The highest BCUT2D eigenvalue weighted by atomic mass is 16.1. The van der Waals surface area contributed by atoms with Crippen molar-refractivity contribution < 1.29 is 4.79 Å². The third-order valence-electron chi connectivity index (χ3n) is 2.77. The molecule has 86 valence electrons. The largest absolute Gasteiger partial charge is 0.316 e. The van der Waals surface area contributed by atoms with Gasteiger partial charge in [-0.05, 0) is 24.6 Å². The van der Waals surface area contributed by atoms with E-state index in [-0.39, 0.29) is 5.91 Å². The first-order chi connectivity index (χ1) is 7.79. The Morgan fingerprint density at radius 2 is 2.25 bits per heavy atom. The predicted octanol–water partition coefficient (Wildman–Crippen LogP) is 1.12. The van der Waals surface area contributed by atoms with Crippen molar-refractivity contribution in [2.45, 2.75) is 26.2 Å². The summed E-state index contributed by atoms with van der Waals surface area (Å²) in [4.78, 5) is 15.7. The second-order valence-electron chi connectivity index (χ2n) is 3.95. The lowest BCUT2D eigenvalue weighted by atomic mass is 10.1. The molecule has 0 bridgehead atoms. The molecule has 0 unspecified atom stereocenters. The highest BCUT2D eigenvalue weighted by Crippen LogP contribution is 2.14. The van der Waals surface area contributed by atoms with Crippen molar-refractivity contribution in [2.24, 2.45) is 0 Å². The maximum atomic E-state index is 11.3. The Labute approximate surface area is 95.5 Å². The Bertz CT molecular complexity index is 390. The molecule has 1 amide bonds. The van der Waals surface area contributed by atoms with Gasteiger partial charge in [0.1, 0.15) is 5.82 Å². The molecule has 2 heterocycles. The van der Waals surface area contributed by atoms with Gasteiger partial charge in [0.25, 0.3) is 0 Å². The second-order valence-corrected chi connectivity index (χ2v) is 3.95. The van der Waals surface area contributed by atoms with Crippen LogP contribution >= 0.6 is 0 Å². The van der Waals surface area contributed by atoms with Crippen LogP contribution in [0.1, 0.15) is 24.6 Å². The lowest BCUT2D eigenvalue weighted by Crippen LogP contribution is -2.16. The Morgan fingerprint density at radius 3 is 3.06 bits per heavy atom. The minimum Gasteiger partial charge on any atom is -0.316 e. The number of pyridine rings is 1. The summed E-state index contributed by atoms with van der Waals surface area (Å²) in [7, 11) is 0. The van der Waals surface area contributed by atoms with Crippen LogP contribution in [0, 0.1) is 0 Å². The van der Waals surface area contributed by atoms with Crippen molar-refractivity contribution in [1.82, 2.24) is 10.3 Å². The third kappa shape index (κ3) is 2.58. The van der Waals surface area contributed by atoms with Gasteiger partial charge in [-0.1, -0.05) is 13.0 Å². The number of fused-ring (bicyclic) bond motifs is 1. The molecule has 16 heavy (non-hydrogen) atoms. The monoisotopic (exact) mass is 219 g/mol. The normalized spacial score (nSPS) is 15.1. The first kappa shape index (κ1) is 11.1. The van der Waals surface area contributed by atoms with Gasteiger partial charge in [0.05, 0.1) is 0 Å². The fraction of sp³-hybridized carbons (Fsp3) is 0.500. The van der Waals surface area contributed by atoms with Crippen LogP contribution in [-0.2, 0) is 17.6 Å². The van der Waals surface area contributed by atoms with Gasteiger partial charge >= 0.3 is 0 Å². The summed E-state index contributed by atoms with van der Waals surface area (Å²) in [6.07, 6.45) is 2.44. The van der Waals surface area contributed by atoms with Gasteiger partial charge in [-0.25, -0.2) is 4.98 Å². The van der Waals surface area contributed by atoms with Crippen molar-refractivity contribution in [3.8, 4) is 0 Å². The molecule has 0 aliphatic carbocycles. The maximum absolute atomic E-state index is 11.3. The van der Waals surface area contributed by atoms with E-state index in [9.17, 15) is 4.79 Å². The smallest absolute Gasteiger partial charge is 0.225 e. The van der Waals surface area contributed by atoms with Crippen molar-refractivity contribution in [3.05, 3.63) is 23.4 Å². The van der Waals surface area contributed by atoms with E-state index in [2.05, 4.69) is 21.7 Å². The highest BCUT2D eigenvalue weighted by Gasteiger charge is 2.10. The van der Waals surface area contributed by atoms with E-state index < -0.39 is 0 Å². The first-order valence-corrected chi connectivity index (χ1v) is 5.79. The zero-order chi connectivity index (χ0) is 11.4. The van der Waals surface area contributed by atoms with E-state index in [0.717, 1.165) is 31.6 Å². The summed E-state index contributed by atoms with van der Waals surface area (Å²) in [6, 6.07) is 3.96. The molecule has 0 fully saturated rings. The number of anilines is 1. The standard InChI is InChI=1S/C12H17N3O/c1-2-12(16)15-11-4-3-9-5-7-13-8-6-10(9)14-11/h3-4,13H,2,5-8H2,1H3,(H,14,15,16). The van der Waals surface area contributed by atoms with Crippen LogP contribution < -0.4 is 10.6 Å². The lowest BCUT2D eigenvalue weighted by Gasteiger charge is -2.08. The van der Waals surface area contributed by atoms with E-state index in [1.54, 1.807) is 0 Å². The zero-order valence-corrected chi connectivity index (χ0v) is 9.55. The molecule has 1 aliphatic rings. The van der Waals surface area contributed by atoms with E-state index in [1.165, 1.54) is 5.56 Å². The Balaban J connectivity index is 2.17. The molecule has 1 aliphatic heterocycles. The molecule has 4 nitrogen and oxygen atoms in total. The van der Waals surface area contributed by atoms with Crippen molar-refractivity contribution in [2.75, 3.05) is 18.4 Å². The summed E-state index contributed by atoms with van der Waals surface area (Å²) in [5.74, 6) is 0.687. The summed E-state index contributed by atoms with van der Waals surface area (Å²) in [6.45, 7) is 3.81. The van der Waals surface area contributed by atoms with Crippen LogP contribution in [0.25, 0.3) is 0 Å². The van der Waals surface area contributed by atoms with Gasteiger partial charge < -0.3 is 10.6 Å². The number of nitrogens with zero attached hydrogens (tertiary/aromatic N) is 1. The van der Waals surface area contributed by atoms with Crippen LogP contribution in [0.15, 0.2) is 12.1 Å². The minimum absolute atomic E-state index is 0.0131. The highest BCUT2D eigenvalue weighted by molar-refractivity contribution is 5.89. The molecule has 0 saturated heterocycles. The summed E-state index contributed by atoms with van der Waals surface area (Å²) in [5, 5.41) is 6.13. The summed E-state index contributed by atoms with van der Waals surface area (Å²) < 4.78 is 0. The Hall–Kier alpha value is -1.42. The van der Waals surface area contributed by atoms with Crippen LogP contribution in [-0.4, -0.2) is 24.0 Å². The molecule has 1 aromatic heterocycles. The van der Waals surface area contributed by atoms with Crippen molar-refractivity contribution in [3.63, 3.8) is 0 Å². The lowest BCUT2D eigenvalue weighted by molar-refractivity contribution is -0.115. The van der Waals surface area contributed by atoms with Gasteiger partial charge in [-0.15, -0.1) is 0 Å². The SMILES string of the molecule is CCC(=O)Nc1ccc2c(n1)CCNCC2. The first-order valence-electron chi connectivity index (χ1n) is 5.79. The number of carbonyl (C=O) groups excluding carboxylic acids is 1. The van der Waals surface area contributed by atoms with E-state index in [1.807, 2.05) is 13.0 Å². The summed E-state index contributed by atoms with van der Waals surface area (Å²) >= 11 is 0. The average molecular weight is 219 g/mol. The molecule has 0 aromatic carbocycles. The van der Waals surface area contributed by atoms with E-state index in [4.69, 9.17) is 0 Å². The number of nitrogens with one attached hydrogen (secondary N) is 2. The third-order valence-corrected chi connectivity index (χ3v) is 2.77. The number of rotatable bonds is 2. The fourth-order valence-electron chi connectivity index (χ4n) is 1.83. The molecule has 4 heteroatoms. The van der Waals surface area contributed by atoms with Gasteiger partial charge in [-0.2, -0.15) is 0 Å². The Morgan fingerprint density at radius 1 is 1.44 bits per heavy atom. The minimum atomic E-state index is 0.0131. The maximum Gasteiger partial charge on any atom is 0.225 e. The Kier molecular flexibility index (Phi) is 3.51. The number of hydrogen-bond donors (Lipinski definition) is 2. The van der Waals surface area contributed by atoms with Gasteiger partial charge in [0.2, 0.25) is 5.91 Å². The molecule has 0 spiro atoms. The number of hydrogen-bond acceptors (Lipinski definition) is 3. The van der Waals surface area contributed by atoms with E-state index >= 15 is 0 Å². The number of carbonyl (C=O) groups is 1. The molecule has 0 atom stereocenters. The van der Waals surface area contributed by atoms with Crippen LogP contribution in [0.4, 0.5) is 5.82 Å². The number of aromatic nitrogens is 1. The molecule has 2 N–H and O–H groups in total. The zero-order valence-electron chi connectivity index (χ0n) is 9.55. The van der Waals surface area contributed by atoms with Crippen LogP contribution in [0.5, 0.6) is 0 Å². The quantitative estimate of drug-likeness (QED) is 0.783. The number of amides is 1. The molecular weight excluding hydrogens is 202 g/mol. The van der Waals surface area contributed by atoms with Crippen LogP contribution in [0.3, 0.4) is 0 Å². The molecule has 0 saturated carbocycles. The average Bonchev–Trinajstić information content (AvgIpc) is 2.53. The second kappa shape index (κ2) is 5.07. The molecular formula is C12H17N3O. The predicted molar refractivity (Wildman–Crippen MR) is 63.4 cm³/mol. The van der Waals surface area contributed by atoms with Gasteiger partial charge in [0.15, 0.2) is 0 Å². The molecule has 0 radical (unpaired) electrons. The topological polar surface area (TPSA) is 54.0 Å². The fourth-order valence-corrected chi connectivity index (χ4v) is 1.83. The summed E-state index contributed by atoms with van der Waals surface area (Å²) in [5.41, 5.74) is 2.40. The van der Waals surface area contributed by atoms with Gasteiger partial charge in [0, 0.05) is 25.1 Å². The van der Waals surface area contributed by atoms with Crippen molar-refractivity contribution in [1.29, 1.82) is 0 Å². The van der Waals surface area contributed by atoms with Gasteiger partial charge in [-0.3, -0.25) is 4.79 Å². The van der Waals surface area contributed by atoms with Crippen LogP contribution in [0.2, 0.25) is 0 Å². The molecule has 1 aromatic rings. The van der Waals surface area contributed by atoms with Crippen molar-refractivity contribution >= 4 is 11.7 Å². The van der Waals surface area contributed by atoms with E-state index in [0.29, 0.717) is 12.2 Å².